The van der Waals surface area contributed by atoms with Gasteiger partial charge in [-0.25, -0.2) is 0 Å². The summed E-state index contributed by atoms with van der Waals surface area (Å²) in [5.41, 5.74) is 12.0. The minimum Gasteiger partial charge on any atom is -0.507 e. The standard InChI is InChI=1S/C29H28O2.C2H6O.C2H6.CH3NO/c1-19(2)25-11-7-8-12-26(25)22-13-15-23(16-14-22)27-18-24(28(30)20(3)29(27)31)17-21-9-5-4-6-10-21;1-2-3;1-2;2-1-3/h4-16,18-19,30-31H,17H2,1-3H3;3H,2H2,1H3;1-2H3;1H,(H2,2,3). The van der Waals surface area contributed by atoms with E-state index >= 15 is 0 Å². The van der Waals surface area contributed by atoms with Crippen molar-refractivity contribution < 1.29 is 20.1 Å². The van der Waals surface area contributed by atoms with Crippen LogP contribution in [0.4, 0.5) is 0 Å². The molecule has 0 aliphatic heterocycles. The quantitative estimate of drug-likeness (QED) is 0.200. The van der Waals surface area contributed by atoms with Crippen LogP contribution in [0.25, 0.3) is 22.3 Å². The smallest absolute Gasteiger partial charge is 0.204 e. The Hall–Kier alpha value is -4.09. The molecule has 0 fully saturated rings. The molecule has 5 N–H and O–H groups in total. The Morgan fingerprint density at radius 1 is 0.795 bits per heavy atom. The average molecular weight is 530 g/mol. The summed E-state index contributed by atoms with van der Waals surface area (Å²) in [5.74, 6) is 0.734. The number of amides is 1. The number of phenols is 2. The van der Waals surface area contributed by atoms with Gasteiger partial charge in [-0.15, -0.1) is 0 Å². The molecule has 0 aliphatic carbocycles. The fraction of sp³-hybridized carbons (Fsp3) is 0.265. The third-order valence-electron chi connectivity index (χ3n) is 5.92. The number of aromatic hydroxyl groups is 2. The van der Waals surface area contributed by atoms with Gasteiger partial charge in [0.05, 0.1) is 0 Å². The molecule has 39 heavy (non-hydrogen) atoms. The second kappa shape index (κ2) is 17.4. The van der Waals surface area contributed by atoms with Gasteiger partial charge in [0.25, 0.3) is 0 Å². The Balaban J connectivity index is 0.000000856. The van der Waals surface area contributed by atoms with E-state index in [0.29, 0.717) is 17.9 Å². The van der Waals surface area contributed by atoms with Crippen LogP contribution in [0, 0.1) is 6.92 Å². The molecule has 1 amide bonds. The summed E-state index contributed by atoms with van der Waals surface area (Å²) >= 11 is 0. The van der Waals surface area contributed by atoms with Crippen LogP contribution in [0.15, 0.2) is 84.9 Å². The zero-order valence-electron chi connectivity index (χ0n) is 24.0. The summed E-state index contributed by atoms with van der Waals surface area (Å²) in [5, 5.41) is 29.0. The Morgan fingerprint density at radius 2 is 1.26 bits per heavy atom. The molecule has 0 saturated carbocycles. The highest BCUT2D eigenvalue weighted by molar-refractivity contribution is 5.78. The molecule has 0 atom stereocenters. The van der Waals surface area contributed by atoms with Crippen molar-refractivity contribution in [2.75, 3.05) is 6.61 Å². The van der Waals surface area contributed by atoms with Gasteiger partial charge in [0.15, 0.2) is 0 Å². The molecule has 0 bridgehead atoms. The number of carbonyl (C=O) groups is 1. The first kappa shape index (κ1) is 32.9. The van der Waals surface area contributed by atoms with Crippen molar-refractivity contribution >= 4 is 6.41 Å². The molecule has 5 heteroatoms. The lowest BCUT2D eigenvalue weighted by atomic mass is 9.90. The fourth-order valence-corrected chi connectivity index (χ4v) is 4.13. The predicted octanol–water partition coefficient (Wildman–Crippen LogP) is 7.58. The van der Waals surface area contributed by atoms with E-state index in [0.717, 1.165) is 27.8 Å². The number of hydrogen-bond donors (Lipinski definition) is 4. The van der Waals surface area contributed by atoms with E-state index in [1.165, 1.54) is 11.1 Å². The zero-order valence-corrected chi connectivity index (χ0v) is 24.0. The van der Waals surface area contributed by atoms with Crippen LogP contribution in [0.2, 0.25) is 0 Å². The number of nitrogens with two attached hydrogens (primary N) is 1. The summed E-state index contributed by atoms with van der Waals surface area (Å²) in [6.07, 6.45) is 0.862. The minimum atomic E-state index is 0.129. The lowest BCUT2D eigenvalue weighted by Gasteiger charge is -2.16. The van der Waals surface area contributed by atoms with Gasteiger partial charge in [-0.3, -0.25) is 4.79 Å². The van der Waals surface area contributed by atoms with Crippen molar-refractivity contribution in [2.45, 2.75) is 53.9 Å². The molecule has 0 saturated heterocycles. The van der Waals surface area contributed by atoms with E-state index in [1.54, 1.807) is 13.8 Å². The summed E-state index contributed by atoms with van der Waals surface area (Å²) < 4.78 is 0. The number of rotatable bonds is 5. The number of primary amides is 1. The highest BCUT2D eigenvalue weighted by Gasteiger charge is 2.16. The largest absolute Gasteiger partial charge is 0.507 e. The molecule has 5 nitrogen and oxygen atoms in total. The van der Waals surface area contributed by atoms with Gasteiger partial charge in [-0.1, -0.05) is 107 Å². The number of carbonyl (C=O) groups excluding carboxylic acids is 1. The Kier molecular flexibility index (Phi) is 14.7. The Labute approximate surface area is 233 Å². The fourth-order valence-electron chi connectivity index (χ4n) is 4.13. The average Bonchev–Trinajstić information content (AvgIpc) is 2.96. The Morgan fingerprint density at radius 3 is 1.77 bits per heavy atom. The van der Waals surface area contributed by atoms with E-state index in [-0.39, 0.29) is 24.5 Å². The molecule has 4 aromatic carbocycles. The number of phenolic OH excluding ortho intramolecular Hbond substituents is 2. The van der Waals surface area contributed by atoms with Crippen LogP contribution in [0.1, 0.15) is 62.8 Å². The molecule has 0 aromatic heterocycles. The minimum absolute atomic E-state index is 0.129. The highest BCUT2D eigenvalue weighted by atomic mass is 16.3. The van der Waals surface area contributed by atoms with E-state index in [2.05, 4.69) is 56.0 Å². The van der Waals surface area contributed by atoms with E-state index in [1.807, 2.05) is 62.4 Å². The molecule has 0 unspecified atom stereocenters. The molecule has 4 aromatic rings. The molecular weight excluding hydrogens is 486 g/mol. The van der Waals surface area contributed by atoms with Gasteiger partial charge in [0, 0.05) is 24.2 Å². The molecule has 0 radical (unpaired) electrons. The monoisotopic (exact) mass is 529 g/mol. The van der Waals surface area contributed by atoms with E-state index in [9.17, 15) is 10.2 Å². The summed E-state index contributed by atoms with van der Waals surface area (Å²) in [6, 6.07) is 28.8. The van der Waals surface area contributed by atoms with Crippen molar-refractivity contribution in [1.29, 1.82) is 0 Å². The lowest BCUT2D eigenvalue weighted by molar-refractivity contribution is -0.106. The van der Waals surface area contributed by atoms with Gasteiger partial charge >= 0.3 is 0 Å². The molecule has 208 valence electrons. The van der Waals surface area contributed by atoms with Crippen molar-refractivity contribution in [3.8, 4) is 33.8 Å². The third kappa shape index (κ3) is 9.31. The predicted molar refractivity (Wildman–Crippen MR) is 163 cm³/mol. The topological polar surface area (TPSA) is 104 Å². The number of benzene rings is 4. The maximum Gasteiger partial charge on any atom is 0.204 e. The molecule has 0 spiro atoms. The van der Waals surface area contributed by atoms with Gasteiger partial charge in [0.2, 0.25) is 6.41 Å². The van der Waals surface area contributed by atoms with E-state index in [4.69, 9.17) is 9.90 Å². The van der Waals surface area contributed by atoms with Gasteiger partial charge in [-0.2, -0.15) is 0 Å². The van der Waals surface area contributed by atoms with Crippen LogP contribution in [0.3, 0.4) is 0 Å². The van der Waals surface area contributed by atoms with Crippen LogP contribution >= 0.6 is 0 Å². The molecule has 4 rings (SSSR count). The lowest BCUT2D eigenvalue weighted by Crippen LogP contribution is -1.94. The second-order valence-electron chi connectivity index (χ2n) is 8.84. The second-order valence-corrected chi connectivity index (χ2v) is 8.84. The maximum absolute atomic E-state index is 10.8. The molecular formula is C34H43NO4. The zero-order chi connectivity index (χ0) is 29.4. The first-order valence-electron chi connectivity index (χ1n) is 13.3. The molecule has 0 heterocycles. The first-order valence-corrected chi connectivity index (χ1v) is 13.3. The Bertz CT molecular complexity index is 1270. The summed E-state index contributed by atoms with van der Waals surface area (Å²) in [7, 11) is 0. The van der Waals surface area contributed by atoms with Crippen LogP contribution < -0.4 is 5.73 Å². The van der Waals surface area contributed by atoms with Crippen LogP contribution in [0.5, 0.6) is 11.5 Å². The number of aliphatic hydroxyl groups is 1. The third-order valence-corrected chi connectivity index (χ3v) is 5.92. The van der Waals surface area contributed by atoms with Crippen molar-refractivity contribution in [3.05, 3.63) is 107 Å². The van der Waals surface area contributed by atoms with Gasteiger partial charge < -0.3 is 21.1 Å². The number of hydrogen-bond acceptors (Lipinski definition) is 4. The van der Waals surface area contributed by atoms with Gasteiger partial charge in [0.1, 0.15) is 11.5 Å². The maximum atomic E-state index is 10.8. The van der Waals surface area contributed by atoms with Crippen molar-refractivity contribution in [2.24, 2.45) is 5.73 Å². The SMILES string of the molecule is CC.CCO.Cc1c(O)c(Cc2ccccc2)cc(-c2ccc(-c3ccccc3C(C)C)cc2)c1O.NC=O. The van der Waals surface area contributed by atoms with Crippen molar-refractivity contribution in [1.82, 2.24) is 0 Å². The highest BCUT2D eigenvalue weighted by Crippen LogP contribution is 2.40. The normalized spacial score (nSPS) is 9.74. The van der Waals surface area contributed by atoms with Gasteiger partial charge in [-0.05, 0) is 59.2 Å². The van der Waals surface area contributed by atoms with E-state index < -0.39 is 0 Å². The first-order chi connectivity index (χ1) is 18.8. The van der Waals surface area contributed by atoms with Crippen LogP contribution in [-0.4, -0.2) is 28.3 Å². The summed E-state index contributed by atoms with van der Waals surface area (Å²) in [6.45, 7) is 12.1. The molecule has 0 aliphatic rings. The summed E-state index contributed by atoms with van der Waals surface area (Å²) in [4.78, 5) is 8.58. The van der Waals surface area contributed by atoms with Crippen molar-refractivity contribution in [3.63, 3.8) is 0 Å². The number of aliphatic hydroxyl groups excluding tert-OH is 1. The van der Waals surface area contributed by atoms with Crippen LogP contribution in [-0.2, 0) is 11.2 Å².